The van der Waals surface area contributed by atoms with Gasteiger partial charge in [0.1, 0.15) is 0 Å². The summed E-state index contributed by atoms with van der Waals surface area (Å²) in [6.45, 7) is 0.656. The van der Waals surface area contributed by atoms with Gasteiger partial charge in [0.2, 0.25) is 5.91 Å². The van der Waals surface area contributed by atoms with E-state index in [1.54, 1.807) is 24.3 Å². The monoisotopic (exact) mass is 324 g/mol. The van der Waals surface area contributed by atoms with Crippen molar-refractivity contribution in [3.8, 4) is 0 Å². The van der Waals surface area contributed by atoms with E-state index in [1.165, 1.54) is 7.11 Å². The van der Waals surface area contributed by atoms with Crippen molar-refractivity contribution in [2.24, 2.45) is 0 Å². The summed E-state index contributed by atoms with van der Waals surface area (Å²) >= 11 is 4.99. The molecule has 1 aromatic carbocycles. The predicted octanol–water partition coefficient (Wildman–Crippen LogP) is 1.63. The van der Waals surface area contributed by atoms with Gasteiger partial charge in [-0.3, -0.25) is 10.1 Å². The second-order valence-corrected chi connectivity index (χ2v) is 5.13. The third-order valence-corrected chi connectivity index (χ3v) is 2.84. The van der Waals surface area contributed by atoms with Crippen molar-refractivity contribution in [2.75, 3.05) is 38.4 Å². The van der Waals surface area contributed by atoms with E-state index in [4.69, 9.17) is 12.2 Å². The standard InChI is InChI=1S/C14H20N4O3S/c1-18(2)9-8-12(19)15-10-6-4-5-7-11(10)16-13(22)17-14(20)21-3/h4-7H,8-9H2,1-3H3,(H,15,19)(H2,16,17,20,22). The highest BCUT2D eigenvalue weighted by Crippen LogP contribution is 2.21. The van der Waals surface area contributed by atoms with Crippen LogP contribution in [0.1, 0.15) is 6.42 Å². The molecule has 0 saturated heterocycles. The number of amides is 2. The topological polar surface area (TPSA) is 82.7 Å². The van der Waals surface area contributed by atoms with Gasteiger partial charge >= 0.3 is 6.09 Å². The van der Waals surface area contributed by atoms with Crippen LogP contribution in [0, 0.1) is 0 Å². The van der Waals surface area contributed by atoms with Gasteiger partial charge in [-0.05, 0) is 38.4 Å². The van der Waals surface area contributed by atoms with Gasteiger partial charge in [0.15, 0.2) is 5.11 Å². The van der Waals surface area contributed by atoms with Gasteiger partial charge in [-0.1, -0.05) is 12.1 Å². The molecule has 2 amide bonds. The Morgan fingerprint density at radius 2 is 1.77 bits per heavy atom. The number of benzene rings is 1. The van der Waals surface area contributed by atoms with Crippen LogP contribution in [0.5, 0.6) is 0 Å². The lowest BCUT2D eigenvalue weighted by Crippen LogP contribution is -2.34. The fraction of sp³-hybridized carbons (Fsp3) is 0.357. The minimum absolute atomic E-state index is 0.0850. The molecule has 7 nitrogen and oxygen atoms in total. The number of anilines is 2. The largest absolute Gasteiger partial charge is 0.453 e. The molecule has 0 aliphatic carbocycles. The lowest BCUT2D eigenvalue weighted by atomic mass is 10.2. The first-order chi connectivity index (χ1) is 10.4. The number of nitrogens with one attached hydrogen (secondary N) is 3. The van der Waals surface area contributed by atoms with Gasteiger partial charge in [-0.15, -0.1) is 0 Å². The van der Waals surface area contributed by atoms with E-state index in [-0.39, 0.29) is 11.0 Å². The molecule has 0 unspecified atom stereocenters. The van der Waals surface area contributed by atoms with Gasteiger partial charge in [-0.25, -0.2) is 4.79 Å². The van der Waals surface area contributed by atoms with Crippen molar-refractivity contribution < 1.29 is 14.3 Å². The first-order valence-corrected chi connectivity index (χ1v) is 7.02. The molecule has 22 heavy (non-hydrogen) atoms. The Hall–Kier alpha value is -2.19. The summed E-state index contributed by atoms with van der Waals surface area (Å²) in [5.74, 6) is -0.102. The lowest BCUT2D eigenvalue weighted by Gasteiger charge is -2.14. The molecule has 0 aliphatic rings. The van der Waals surface area contributed by atoms with Crippen molar-refractivity contribution >= 4 is 40.7 Å². The number of alkyl carbamates (subject to hydrolysis) is 1. The van der Waals surface area contributed by atoms with Gasteiger partial charge in [-0.2, -0.15) is 0 Å². The van der Waals surface area contributed by atoms with Crippen molar-refractivity contribution in [2.45, 2.75) is 6.42 Å². The zero-order valence-electron chi connectivity index (χ0n) is 12.8. The summed E-state index contributed by atoms with van der Waals surface area (Å²) in [7, 11) is 5.05. The lowest BCUT2D eigenvalue weighted by molar-refractivity contribution is -0.116. The van der Waals surface area contributed by atoms with Crippen molar-refractivity contribution in [1.29, 1.82) is 0 Å². The normalized spacial score (nSPS) is 10.0. The van der Waals surface area contributed by atoms with Gasteiger partial charge in [0.05, 0.1) is 18.5 Å². The van der Waals surface area contributed by atoms with Crippen LogP contribution in [0.4, 0.5) is 16.2 Å². The third kappa shape index (κ3) is 6.51. The number of nitrogens with zero attached hydrogens (tertiary/aromatic N) is 1. The molecule has 0 aromatic heterocycles. The molecule has 0 saturated carbocycles. The summed E-state index contributed by atoms with van der Waals surface area (Å²) < 4.78 is 4.46. The minimum atomic E-state index is -0.662. The first kappa shape index (κ1) is 17.9. The summed E-state index contributed by atoms with van der Waals surface area (Å²) in [6, 6.07) is 7.07. The molecular formula is C14H20N4O3S. The molecule has 120 valence electrons. The number of para-hydroxylation sites is 2. The fourth-order valence-electron chi connectivity index (χ4n) is 1.54. The fourth-order valence-corrected chi connectivity index (χ4v) is 1.73. The molecule has 0 aliphatic heterocycles. The van der Waals surface area contributed by atoms with Crippen molar-refractivity contribution in [1.82, 2.24) is 10.2 Å². The molecule has 8 heteroatoms. The molecule has 0 radical (unpaired) electrons. The zero-order chi connectivity index (χ0) is 16.5. The Labute approximate surface area is 135 Å². The maximum atomic E-state index is 11.9. The number of methoxy groups -OCH3 is 1. The van der Waals surface area contributed by atoms with Gasteiger partial charge in [0.25, 0.3) is 0 Å². The highest BCUT2D eigenvalue weighted by molar-refractivity contribution is 7.80. The highest BCUT2D eigenvalue weighted by Gasteiger charge is 2.09. The number of carbonyl (C=O) groups excluding carboxylic acids is 2. The average molecular weight is 324 g/mol. The van der Waals surface area contributed by atoms with Crippen LogP contribution >= 0.6 is 12.2 Å². The second kappa shape index (κ2) is 8.96. The van der Waals surface area contributed by atoms with E-state index in [0.717, 1.165) is 0 Å². The number of rotatable bonds is 5. The average Bonchev–Trinajstić information content (AvgIpc) is 2.47. The summed E-state index contributed by atoms with van der Waals surface area (Å²) in [5.41, 5.74) is 1.17. The molecule has 1 aromatic rings. The van der Waals surface area contributed by atoms with E-state index >= 15 is 0 Å². The summed E-state index contributed by atoms with van der Waals surface area (Å²) in [5, 5.41) is 8.07. The van der Waals surface area contributed by atoms with Crippen LogP contribution in [0.2, 0.25) is 0 Å². The van der Waals surface area contributed by atoms with E-state index in [1.807, 2.05) is 19.0 Å². The van der Waals surface area contributed by atoms with Gasteiger partial charge in [0, 0.05) is 13.0 Å². The molecule has 1 rings (SSSR count). The Morgan fingerprint density at radius 1 is 1.18 bits per heavy atom. The van der Waals surface area contributed by atoms with Gasteiger partial charge < -0.3 is 20.3 Å². The maximum Gasteiger partial charge on any atom is 0.413 e. The maximum absolute atomic E-state index is 11.9. The molecule has 3 N–H and O–H groups in total. The quantitative estimate of drug-likeness (QED) is 0.714. The van der Waals surface area contributed by atoms with E-state index < -0.39 is 6.09 Å². The molecule has 0 heterocycles. The van der Waals surface area contributed by atoms with Crippen LogP contribution < -0.4 is 16.0 Å². The van der Waals surface area contributed by atoms with Crippen LogP contribution in [-0.2, 0) is 9.53 Å². The summed E-state index contributed by atoms with van der Waals surface area (Å²) in [6.07, 6.45) is -0.281. The SMILES string of the molecule is COC(=O)NC(=S)Nc1ccccc1NC(=O)CCN(C)C. The van der Waals surface area contributed by atoms with Crippen LogP contribution in [-0.4, -0.2) is 49.8 Å². The third-order valence-electron chi connectivity index (χ3n) is 2.64. The van der Waals surface area contributed by atoms with Crippen LogP contribution in [0.3, 0.4) is 0 Å². The van der Waals surface area contributed by atoms with E-state index in [0.29, 0.717) is 24.3 Å². The summed E-state index contributed by atoms with van der Waals surface area (Å²) in [4.78, 5) is 24.9. The molecule has 0 spiro atoms. The van der Waals surface area contributed by atoms with Crippen molar-refractivity contribution in [3.63, 3.8) is 0 Å². The molecule has 0 bridgehead atoms. The Kier molecular flexibility index (Phi) is 7.27. The smallest absolute Gasteiger partial charge is 0.413 e. The molecular weight excluding hydrogens is 304 g/mol. The second-order valence-electron chi connectivity index (χ2n) is 4.72. The minimum Gasteiger partial charge on any atom is -0.453 e. The Morgan fingerprint density at radius 3 is 2.32 bits per heavy atom. The van der Waals surface area contributed by atoms with E-state index in [2.05, 4.69) is 20.7 Å². The predicted molar refractivity (Wildman–Crippen MR) is 90.0 cm³/mol. The molecule has 0 fully saturated rings. The zero-order valence-corrected chi connectivity index (χ0v) is 13.6. The van der Waals surface area contributed by atoms with E-state index in [9.17, 15) is 9.59 Å². The Balaban J connectivity index is 2.67. The van der Waals surface area contributed by atoms with Crippen molar-refractivity contribution in [3.05, 3.63) is 24.3 Å². The number of hydrogen-bond donors (Lipinski definition) is 3. The Bertz CT molecular complexity index is 549. The number of thiocarbonyl (C=S) groups is 1. The number of carbonyl (C=O) groups is 2. The number of hydrogen-bond acceptors (Lipinski definition) is 5. The van der Waals surface area contributed by atoms with Crippen LogP contribution in [0.15, 0.2) is 24.3 Å². The first-order valence-electron chi connectivity index (χ1n) is 6.62. The van der Waals surface area contributed by atoms with Crippen LogP contribution in [0.25, 0.3) is 0 Å². The number of ether oxygens (including phenoxy) is 1. The highest BCUT2D eigenvalue weighted by atomic mass is 32.1. The molecule has 0 atom stereocenters.